The van der Waals surface area contributed by atoms with E-state index < -0.39 is 27.7 Å². The maximum atomic E-state index is 11.9. The predicted octanol–water partition coefficient (Wildman–Crippen LogP) is 1.20. The Morgan fingerprint density at radius 3 is 2.28 bits per heavy atom. The Bertz CT molecular complexity index is 821. The van der Waals surface area contributed by atoms with Crippen LogP contribution in [0.5, 0.6) is 5.75 Å². The zero-order valence-electron chi connectivity index (χ0n) is 14.1. The lowest BCUT2D eigenvalue weighted by molar-refractivity contribution is -0.222. The summed E-state index contributed by atoms with van der Waals surface area (Å²) >= 11 is 0. The van der Waals surface area contributed by atoms with Crippen molar-refractivity contribution in [3.8, 4) is 5.75 Å². The molecule has 25 heavy (non-hydrogen) atoms. The molecule has 0 radical (unpaired) electrons. The third-order valence-corrected chi connectivity index (χ3v) is 3.59. The zero-order valence-corrected chi connectivity index (χ0v) is 14.9. The Morgan fingerprint density at radius 1 is 1.16 bits per heavy atom. The Morgan fingerprint density at radius 2 is 1.76 bits per heavy atom. The van der Waals surface area contributed by atoms with Gasteiger partial charge in [0.1, 0.15) is 5.75 Å². The van der Waals surface area contributed by atoms with Gasteiger partial charge < -0.3 is 19.5 Å². The normalized spacial score (nSPS) is 16.6. The van der Waals surface area contributed by atoms with E-state index >= 15 is 0 Å². The number of rotatable bonds is 5. The van der Waals surface area contributed by atoms with Gasteiger partial charge in [-0.2, -0.15) is 0 Å². The van der Waals surface area contributed by atoms with Gasteiger partial charge in [-0.1, -0.05) is 0 Å². The first kappa shape index (κ1) is 18.6. The molecule has 2 N–H and O–H groups in total. The van der Waals surface area contributed by atoms with Crippen LogP contribution < -0.4 is 14.8 Å². The van der Waals surface area contributed by atoms with Crippen molar-refractivity contribution in [2.75, 3.05) is 23.4 Å². The third-order valence-electron chi connectivity index (χ3n) is 2.99. The first-order valence-corrected chi connectivity index (χ1v) is 8.99. The van der Waals surface area contributed by atoms with Crippen molar-refractivity contribution in [1.82, 2.24) is 0 Å². The second-order valence-corrected chi connectivity index (χ2v) is 7.42. The molecule has 1 aliphatic heterocycles. The number of cyclic esters (lactones) is 2. The largest absolute Gasteiger partial charge is 0.495 e. The number of sulfonamides is 1. The van der Waals surface area contributed by atoms with E-state index in [9.17, 15) is 18.0 Å². The van der Waals surface area contributed by atoms with Crippen molar-refractivity contribution < 1.29 is 32.2 Å². The fourth-order valence-corrected chi connectivity index (χ4v) is 2.57. The SMILES string of the molecule is COc1ccc(NC=C2C(=O)OC(C)(C)OC2=O)cc1NS(C)(=O)=O. The van der Waals surface area contributed by atoms with Gasteiger partial charge in [0.2, 0.25) is 10.0 Å². The van der Waals surface area contributed by atoms with Crippen molar-refractivity contribution in [3.05, 3.63) is 30.0 Å². The molecule has 1 aromatic carbocycles. The van der Waals surface area contributed by atoms with Gasteiger partial charge in [-0.15, -0.1) is 0 Å². The highest BCUT2D eigenvalue weighted by atomic mass is 32.2. The van der Waals surface area contributed by atoms with E-state index in [2.05, 4.69) is 10.0 Å². The van der Waals surface area contributed by atoms with Crippen LogP contribution in [0.3, 0.4) is 0 Å². The number of hydrogen-bond acceptors (Lipinski definition) is 8. The fourth-order valence-electron chi connectivity index (χ4n) is 2.01. The quantitative estimate of drug-likeness (QED) is 0.451. The van der Waals surface area contributed by atoms with Crippen LogP contribution in [0.25, 0.3) is 0 Å². The number of carbonyl (C=O) groups excluding carboxylic acids is 2. The van der Waals surface area contributed by atoms with Gasteiger partial charge in [0.25, 0.3) is 5.79 Å². The van der Waals surface area contributed by atoms with E-state index in [-0.39, 0.29) is 11.3 Å². The van der Waals surface area contributed by atoms with E-state index in [4.69, 9.17) is 14.2 Å². The van der Waals surface area contributed by atoms with Crippen LogP contribution in [0, 0.1) is 0 Å². The summed E-state index contributed by atoms with van der Waals surface area (Å²) < 4.78 is 40.2. The molecule has 0 unspecified atom stereocenters. The van der Waals surface area contributed by atoms with Crippen molar-refractivity contribution in [1.29, 1.82) is 0 Å². The number of esters is 2. The van der Waals surface area contributed by atoms with Crippen molar-refractivity contribution in [3.63, 3.8) is 0 Å². The standard InChI is InChI=1S/C15H18N2O7S/c1-15(2)23-13(18)10(14(19)24-15)8-16-9-5-6-12(22-3)11(7-9)17-25(4,20)21/h5-8,16-17H,1-4H3. The highest BCUT2D eigenvalue weighted by Crippen LogP contribution is 2.29. The number of anilines is 2. The lowest BCUT2D eigenvalue weighted by Gasteiger charge is -2.29. The molecule has 1 aliphatic rings. The maximum Gasteiger partial charge on any atom is 0.350 e. The minimum absolute atomic E-state index is 0.198. The summed E-state index contributed by atoms with van der Waals surface area (Å²) in [7, 11) is -2.12. The minimum Gasteiger partial charge on any atom is -0.495 e. The van der Waals surface area contributed by atoms with E-state index in [1.165, 1.54) is 33.1 Å². The topological polar surface area (TPSA) is 120 Å². The third kappa shape index (κ3) is 4.86. The average molecular weight is 370 g/mol. The lowest BCUT2D eigenvalue weighted by atomic mass is 10.2. The van der Waals surface area contributed by atoms with Gasteiger partial charge in [0, 0.05) is 25.7 Å². The maximum absolute atomic E-state index is 11.9. The number of nitrogens with one attached hydrogen (secondary N) is 2. The summed E-state index contributed by atoms with van der Waals surface area (Å²) in [6.45, 7) is 2.89. The second-order valence-electron chi connectivity index (χ2n) is 5.67. The fraction of sp³-hybridized carbons (Fsp3) is 0.333. The summed E-state index contributed by atoms with van der Waals surface area (Å²) in [5.74, 6) is -2.66. The van der Waals surface area contributed by atoms with Crippen LogP contribution in [0.15, 0.2) is 30.0 Å². The first-order chi connectivity index (χ1) is 11.5. The van der Waals surface area contributed by atoms with Gasteiger partial charge in [-0.25, -0.2) is 18.0 Å². The summed E-state index contributed by atoms with van der Waals surface area (Å²) in [4.78, 5) is 23.7. The molecule has 0 spiro atoms. The summed E-state index contributed by atoms with van der Waals surface area (Å²) in [6, 6.07) is 4.54. The molecule has 0 atom stereocenters. The van der Waals surface area contributed by atoms with Gasteiger partial charge in [0.05, 0.1) is 19.1 Å². The Kier molecular flexibility index (Phi) is 4.93. The monoisotopic (exact) mass is 370 g/mol. The van der Waals surface area contributed by atoms with E-state index in [0.29, 0.717) is 11.4 Å². The highest BCUT2D eigenvalue weighted by molar-refractivity contribution is 7.92. The summed E-state index contributed by atoms with van der Waals surface area (Å²) in [5.41, 5.74) is 0.293. The highest BCUT2D eigenvalue weighted by Gasteiger charge is 2.38. The molecule has 0 aliphatic carbocycles. The van der Waals surface area contributed by atoms with E-state index in [1.807, 2.05) is 0 Å². The molecule has 10 heteroatoms. The summed E-state index contributed by atoms with van der Waals surface area (Å²) in [6.07, 6.45) is 2.14. The molecular weight excluding hydrogens is 352 g/mol. The molecule has 0 amide bonds. The Labute approximate surface area is 145 Å². The smallest absolute Gasteiger partial charge is 0.350 e. The number of carbonyl (C=O) groups is 2. The Balaban J connectivity index is 2.24. The number of benzene rings is 1. The van der Waals surface area contributed by atoms with Crippen LogP contribution >= 0.6 is 0 Å². The molecular formula is C15H18N2O7S. The number of ether oxygens (including phenoxy) is 3. The number of hydrogen-bond donors (Lipinski definition) is 2. The van der Waals surface area contributed by atoms with Crippen LogP contribution in [-0.4, -0.2) is 39.5 Å². The van der Waals surface area contributed by atoms with Gasteiger partial charge >= 0.3 is 11.9 Å². The van der Waals surface area contributed by atoms with Gasteiger partial charge in [-0.05, 0) is 18.2 Å². The molecule has 1 aromatic rings. The van der Waals surface area contributed by atoms with Gasteiger partial charge in [0.15, 0.2) is 5.57 Å². The van der Waals surface area contributed by atoms with Gasteiger partial charge in [-0.3, -0.25) is 4.72 Å². The molecule has 9 nitrogen and oxygen atoms in total. The molecule has 1 fully saturated rings. The van der Waals surface area contributed by atoms with Crippen LogP contribution in [0.1, 0.15) is 13.8 Å². The second kappa shape index (κ2) is 6.63. The lowest BCUT2D eigenvalue weighted by Crippen LogP contribution is -2.42. The molecule has 1 saturated heterocycles. The average Bonchev–Trinajstić information content (AvgIpc) is 2.43. The Hall–Kier alpha value is -2.75. The molecule has 136 valence electrons. The van der Waals surface area contributed by atoms with E-state index in [1.54, 1.807) is 6.07 Å². The first-order valence-electron chi connectivity index (χ1n) is 7.10. The van der Waals surface area contributed by atoms with Crippen LogP contribution in [0.2, 0.25) is 0 Å². The molecule has 0 aromatic heterocycles. The molecule has 2 rings (SSSR count). The molecule has 0 bridgehead atoms. The predicted molar refractivity (Wildman–Crippen MR) is 89.4 cm³/mol. The van der Waals surface area contributed by atoms with Crippen molar-refractivity contribution in [2.24, 2.45) is 0 Å². The number of methoxy groups -OCH3 is 1. The summed E-state index contributed by atoms with van der Waals surface area (Å²) in [5, 5.41) is 2.73. The van der Waals surface area contributed by atoms with Crippen LogP contribution in [-0.2, 0) is 29.1 Å². The molecule has 0 saturated carbocycles. The van der Waals surface area contributed by atoms with Crippen molar-refractivity contribution >= 4 is 33.3 Å². The molecule has 1 heterocycles. The van der Waals surface area contributed by atoms with Crippen molar-refractivity contribution in [2.45, 2.75) is 19.6 Å². The van der Waals surface area contributed by atoms with E-state index in [0.717, 1.165) is 12.5 Å². The van der Waals surface area contributed by atoms with Crippen LogP contribution in [0.4, 0.5) is 11.4 Å². The zero-order chi connectivity index (χ0) is 18.8. The minimum atomic E-state index is -3.51.